The fraction of sp³-hybridized carbons (Fsp3) is 0. The van der Waals surface area contributed by atoms with E-state index < -0.39 is 17.5 Å². The Hall–Kier alpha value is -2.59. The van der Waals surface area contributed by atoms with E-state index in [0.29, 0.717) is 22.7 Å². The van der Waals surface area contributed by atoms with E-state index in [2.05, 4.69) is 4.98 Å². The number of benzene rings is 2. The van der Waals surface area contributed by atoms with E-state index in [9.17, 15) is 13.2 Å². The van der Waals surface area contributed by atoms with Gasteiger partial charge in [-0.3, -0.25) is 4.57 Å². The van der Waals surface area contributed by atoms with Crippen LogP contribution < -0.4 is 0 Å². The molecule has 0 saturated carbocycles. The highest BCUT2D eigenvalue weighted by molar-refractivity contribution is 7.71. The van der Waals surface area contributed by atoms with Gasteiger partial charge in [-0.25, -0.2) is 13.2 Å². The van der Waals surface area contributed by atoms with Gasteiger partial charge in [0.1, 0.15) is 5.82 Å². The summed E-state index contributed by atoms with van der Waals surface area (Å²) in [5, 5.41) is 8.92. The summed E-state index contributed by atoms with van der Waals surface area (Å²) in [5.41, 5.74) is 1.08. The second-order valence-electron chi connectivity index (χ2n) is 4.33. The molecule has 1 N–H and O–H groups in total. The van der Waals surface area contributed by atoms with Crippen LogP contribution in [0.1, 0.15) is 5.56 Å². The number of hydrogen-bond donors (Lipinski definition) is 1. The summed E-state index contributed by atoms with van der Waals surface area (Å²) in [4.78, 5) is 2.82. The van der Waals surface area contributed by atoms with E-state index >= 15 is 0 Å². The van der Waals surface area contributed by atoms with Crippen LogP contribution in [0, 0.1) is 33.6 Å². The van der Waals surface area contributed by atoms with E-state index in [1.165, 1.54) is 10.6 Å². The normalized spacial score (nSPS) is 10.8. The van der Waals surface area contributed by atoms with Crippen molar-refractivity contribution in [3.8, 4) is 11.8 Å². The molecule has 2 aromatic carbocycles. The van der Waals surface area contributed by atoms with Crippen LogP contribution in [0.5, 0.6) is 0 Å². The lowest BCUT2D eigenvalue weighted by Gasteiger charge is -2.07. The molecule has 0 atom stereocenters. The van der Waals surface area contributed by atoms with Crippen LogP contribution in [0.3, 0.4) is 0 Å². The van der Waals surface area contributed by atoms with Crippen molar-refractivity contribution in [3.63, 3.8) is 0 Å². The zero-order chi connectivity index (χ0) is 15.1. The lowest BCUT2D eigenvalue weighted by Crippen LogP contribution is -2.01. The number of aromatic nitrogens is 2. The second kappa shape index (κ2) is 4.75. The van der Waals surface area contributed by atoms with Crippen LogP contribution in [0.15, 0.2) is 30.3 Å². The molecule has 104 valence electrons. The Balaban J connectivity index is 2.40. The van der Waals surface area contributed by atoms with Gasteiger partial charge in [-0.05, 0) is 30.4 Å². The minimum Gasteiger partial charge on any atom is -0.330 e. The third-order valence-electron chi connectivity index (χ3n) is 3.04. The molecule has 7 heteroatoms. The standard InChI is InChI=1S/C14H6F3N3S/c15-8-4-10(17)12(5-9(8)16)20-13-3-7(6-18)1-2-11(13)19-14(20)21/h1-5H,(H,19,21). The molecular weight excluding hydrogens is 299 g/mol. The molecule has 0 aliphatic carbocycles. The fourth-order valence-electron chi connectivity index (χ4n) is 2.09. The van der Waals surface area contributed by atoms with Gasteiger partial charge in [-0.15, -0.1) is 0 Å². The highest BCUT2D eigenvalue weighted by Crippen LogP contribution is 2.24. The monoisotopic (exact) mass is 305 g/mol. The van der Waals surface area contributed by atoms with Crippen molar-refractivity contribution in [1.29, 1.82) is 5.26 Å². The fourth-order valence-corrected chi connectivity index (χ4v) is 2.40. The summed E-state index contributed by atoms with van der Waals surface area (Å²) < 4.78 is 41.7. The summed E-state index contributed by atoms with van der Waals surface area (Å²) in [7, 11) is 0. The van der Waals surface area contributed by atoms with Crippen molar-refractivity contribution < 1.29 is 13.2 Å². The predicted molar refractivity (Wildman–Crippen MR) is 73.0 cm³/mol. The molecule has 0 saturated heterocycles. The Kier molecular flexibility index (Phi) is 3.03. The first-order valence-electron chi connectivity index (χ1n) is 5.81. The average Bonchev–Trinajstić information content (AvgIpc) is 2.78. The number of imidazole rings is 1. The van der Waals surface area contributed by atoms with E-state index in [1.807, 2.05) is 6.07 Å². The zero-order valence-corrected chi connectivity index (χ0v) is 11.1. The predicted octanol–water partition coefficient (Wildman–Crippen LogP) is 3.98. The third-order valence-corrected chi connectivity index (χ3v) is 3.33. The highest BCUT2D eigenvalue weighted by Gasteiger charge is 2.15. The van der Waals surface area contributed by atoms with Crippen molar-refractivity contribution in [2.24, 2.45) is 0 Å². The molecule has 0 unspecified atom stereocenters. The first-order valence-corrected chi connectivity index (χ1v) is 6.22. The number of halogens is 3. The van der Waals surface area contributed by atoms with Gasteiger partial charge in [-0.2, -0.15) is 5.26 Å². The molecule has 0 radical (unpaired) electrons. The SMILES string of the molecule is N#Cc1ccc2[nH]c(=S)n(-c3cc(F)c(F)cc3F)c2c1. The van der Waals surface area contributed by atoms with Gasteiger partial charge in [0.05, 0.1) is 28.4 Å². The summed E-state index contributed by atoms with van der Waals surface area (Å²) >= 11 is 5.09. The Labute approximate surface area is 121 Å². The molecule has 0 aliphatic rings. The first kappa shape index (κ1) is 13.4. The number of fused-ring (bicyclic) bond motifs is 1. The van der Waals surface area contributed by atoms with Gasteiger partial charge in [0, 0.05) is 12.1 Å². The van der Waals surface area contributed by atoms with Crippen molar-refractivity contribution in [1.82, 2.24) is 9.55 Å². The molecule has 0 bridgehead atoms. The van der Waals surface area contributed by atoms with Crippen LogP contribution in [0.2, 0.25) is 0 Å². The molecule has 0 amide bonds. The van der Waals surface area contributed by atoms with Crippen molar-refractivity contribution in [2.45, 2.75) is 0 Å². The molecule has 0 fully saturated rings. The molecule has 1 heterocycles. The summed E-state index contributed by atoms with van der Waals surface area (Å²) in [6, 6.07) is 7.81. The van der Waals surface area contributed by atoms with Crippen molar-refractivity contribution in [2.75, 3.05) is 0 Å². The van der Waals surface area contributed by atoms with Crippen molar-refractivity contribution >= 4 is 23.3 Å². The molecule has 0 aliphatic heterocycles. The Bertz CT molecular complexity index is 966. The lowest BCUT2D eigenvalue weighted by molar-refractivity contribution is 0.493. The van der Waals surface area contributed by atoms with Gasteiger partial charge < -0.3 is 4.98 Å². The van der Waals surface area contributed by atoms with Gasteiger partial charge in [-0.1, -0.05) is 0 Å². The molecule has 21 heavy (non-hydrogen) atoms. The zero-order valence-electron chi connectivity index (χ0n) is 10.3. The Morgan fingerprint density at radius 2 is 1.76 bits per heavy atom. The summed E-state index contributed by atoms with van der Waals surface area (Å²) in [6.45, 7) is 0. The summed E-state index contributed by atoms with van der Waals surface area (Å²) in [5.74, 6) is -3.41. The van der Waals surface area contributed by atoms with Gasteiger partial charge in [0.15, 0.2) is 16.4 Å². The largest absolute Gasteiger partial charge is 0.330 e. The van der Waals surface area contributed by atoms with E-state index in [-0.39, 0.29) is 10.5 Å². The molecular formula is C14H6F3N3S. The number of hydrogen-bond acceptors (Lipinski definition) is 2. The first-order chi connectivity index (χ1) is 10.0. The Morgan fingerprint density at radius 3 is 2.48 bits per heavy atom. The number of nitrogens with zero attached hydrogens (tertiary/aromatic N) is 2. The van der Waals surface area contributed by atoms with Crippen LogP contribution in [-0.4, -0.2) is 9.55 Å². The minimum absolute atomic E-state index is 0.116. The smallest absolute Gasteiger partial charge is 0.182 e. The maximum atomic E-state index is 13.9. The number of aromatic amines is 1. The number of nitriles is 1. The van der Waals surface area contributed by atoms with Gasteiger partial charge in [0.25, 0.3) is 0 Å². The minimum atomic E-state index is -1.28. The number of H-pyrrole nitrogens is 1. The maximum Gasteiger partial charge on any atom is 0.182 e. The van der Waals surface area contributed by atoms with Gasteiger partial charge >= 0.3 is 0 Å². The second-order valence-corrected chi connectivity index (χ2v) is 4.71. The van der Waals surface area contributed by atoms with E-state index in [4.69, 9.17) is 17.5 Å². The molecule has 0 spiro atoms. The van der Waals surface area contributed by atoms with Crippen LogP contribution >= 0.6 is 12.2 Å². The van der Waals surface area contributed by atoms with E-state index in [1.54, 1.807) is 12.1 Å². The topological polar surface area (TPSA) is 44.5 Å². The number of nitrogens with one attached hydrogen (secondary N) is 1. The lowest BCUT2D eigenvalue weighted by atomic mass is 10.2. The quantitative estimate of drug-likeness (QED) is 0.546. The van der Waals surface area contributed by atoms with Gasteiger partial charge in [0.2, 0.25) is 0 Å². The number of rotatable bonds is 1. The third kappa shape index (κ3) is 2.10. The van der Waals surface area contributed by atoms with Crippen LogP contribution in [0.25, 0.3) is 16.7 Å². The molecule has 3 aromatic rings. The van der Waals surface area contributed by atoms with Crippen LogP contribution in [0.4, 0.5) is 13.2 Å². The van der Waals surface area contributed by atoms with Crippen molar-refractivity contribution in [3.05, 3.63) is 58.1 Å². The summed E-state index contributed by atoms with van der Waals surface area (Å²) in [6.07, 6.45) is 0. The maximum absolute atomic E-state index is 13.9. The van der Waals surface area contributed by atoms with E-state index in [0.717, 1.165) is 6.07 Å². The van der Waals surface area contributed by atoms with Crippen LogP contribution in [-0.2, 0) is 0 Å². The highest BCUT2D eigenvalue weighted by atomic mass is 32.1. The molecule has 1 aromatic heterocycles. The molecule has 3 nitrogen and oxygen atoms in total. The Morgan fingerprint density at radius 1 is 1.05 bits per heavy atom. The average molecular weight is 305 g/mol. The molecule has 3 rings (SSSR count).